The first-order valence-corrected chi connectivity index (χ1v) is 10.4. The van der Waals surface area contributed by atoms with Crippen LogP contribution in [0, 0.1) is 0 Å². The Balaban J connectivity index is 1.60. The molecule has 0 aliphatic carbocycles. The van der Waals surface area contributed by atoms with E-state index in [0.717, 1.165) is 23.4 Å². The van der Waals surface area contributed by atoms with Crippen LogP contribution in [0.2, 0.25) is 0 Å². The maximum Gasteiger partial charge on any atom is 0.416 e. The molecule has 170 valence electrons. The summed E-state index contributed by atoms with van der Waals surface area (Å²) >= 11 is 0. The fourth-order valence-electron chi connectivity index (χ4n) is 4.16. The molecule has 2 aromatic rings. The highest BCUT2D eigenvalue weighted by Crippen LogP contribution is 2.32. The first-order chi connectivity index (χ1) is 15.3. The van der Waals surface area contributed by atoms with Crippen molar-refractivity contribution in [1.82, 2.24) is 10.2 Å². The first kappa shape index (κ1) is 22.3. The van der Waals surface area contributed by atoms with E-state index >= 15 is 0 Å². The molecule has 2 aliphatic rings. The van der Waals surface area contributed by atoms with Crippen LogP contribution in [0.15, 0.2) is 53.5 Å². The topological polar surface area (TPSA) is 66.0 Å². The third-order valence-corrected chi connectivity index (χ3v) is 5.90. The Labute approximate surface area is 184 Å². The van der Waals surface area contributed by atoms with Crippen LogP contribution < -0.4 is 10.6 Å². The molecule has 2 aliphatic heterocycles. The van der Waals surface area contributed by atoms with E-state index in [2.05, 4.69) is 10.6 Å². The molecule has 1 spiro atoms. The first-order valence-electron chi connectivity index (χ1n) is 10.4. The van der Waals surface area contributed by atoms with Crippen LogP contribution in [-0.4, -0.2) is 55.5 Å². The third kappa shape index (κ3) is 4.49. The molecule has 1 atom stereocenters. The van der Waals surface area contributed by atoms with E-state index in [1.54, 1.807) is 12.0 Å². The SMILES string of the molecule is COCCN=C1Nc2ccccc2CN[C@@]12CCN(C(=O)c1cccc(C(F)(F)F)c1)C2. The van der Waals surface area contributed by atoms with Gasteiger partial charge >= 0.3 is 6.18 Å². The molecule has 2 N–H and O–H groups in total. The summed E-state index contributed by atoms with van der Waals surface area (Å²) in [6, 6.07) is 12.5. The average molecular weight is 446 g/mol. The molecule has 1 saturated heterocycles. The number of hydrogen-bond donors (Lipinski definition) is 2. The second kappa shape index (κ2) is 8.91. The molecule has 4 rings (SSSR count). The molecule has 2 aromatic carbocycles. The zero-order chi connectivity index (χ0) is 22.8. The highest BCUT2D eigenvalue weighted by atomic mass is 19.4. The smallest absolute Gasteiger partial charge is 0.383 e. The van der Waals surface area contributed by atoms with Gasteiger partial charge in [-0.3, -0.25) is 15.1 Å². The van der Waals surface area contributed by atoms with Crippen LogP contribution in [0.25, 0.3) is 0 Å². The quantitative estimate of drug-likeness (QED) is 0.705. The normalized spacial score (nSPS) is 22.0. The Morgan fingerprint density at radius 3 is 2.81 bits per heavy atom. The van der Waals surface area contributed by atoms with Crippen LogP contribution in [-0.2, 0) is 17.5 Å². The van der Waals surface area contributed by atoms with Gasteiger partial charge in [-0.1, -0.05) is 24.3 Å². The monoisotopic (exact) mass is 446 g/mol. The second-order valence-electron chi connectivity index (χ2n) is 8.00. The second-order valence-corrected chi connectivity index (χ2v) is 8.00. The van der Waals surface area contributed by atoms with Gasteiger partial charge in [0, 0.05) is 38.0 Å². The molecule has 0 saturated carbocycles. The van der Waals surface area contributed by atoms with Crippen molar-refractivity contribution in [3.63, 3.8) is 0 Å². The molecular formula is C23H25F3N4O2. The number of amides is 1. The van der Waals surface area contributed by atoms with E-state index in [0.29, 0.717) is 45.0 Å². The molecule has 32 heavy (non-hydrogen) atoms. The number of nitrogens with zero attached hydrogens (tertiary/aromatic N) is 2. The molecule has 2 heterocycles. The lowest BCUT2D eigenvalue weighted by atomic mass is 9.96. The number of amidine groups is 1. The number of likely N-dealkylation sites (tertiary alicyclic amines) is 1. The molecule has 1 amide bonds. The van der Waals surface area contributed by atoms with E-state index in [1.807, 2.05) is 24.3 Å². The molecule has 1 fully saturated rings. The lowest BCUT2D eigenvalue weighted by Crippen LogP contribution is -2.55. The highest BCUT2D eigenvalue weighted by molar-refractivity contribution is 6.05. The van der Waals surface area contributed by atoms with Gasteiger partial charge in [-0.05, 0) is 36.2 Å². The third-order valence-electron chi connectivity index (χ3n) is 5.90. The van der Waals surface area contributed by atoms with Crippen molar-refractivity contribution in [2.75, 3.05) is 38.7 Å². The molecular weight excluding hydrogens is 421 g/mol. The van der Waals surface area contributed by atoms with Gasteiger partial charge in [0.05, 0.1) is 24.3 Å². The van der Waals surface area contributed by atoms with Gasteiger partial charge in [0.2, 0.25) is 0 Å². The molecule has 0 unspecified atom stereocenters. The standard InChI is InChI=1S/C23H25F3N4O2/c1-32-12-10-27-21-22(28-14-17-5-2-3-8-19(17)29-21)9-11-30(15-22)20(31)16-6-4-7-18(13-16)23(24,25)26/h2-8,13,28H,9-12,14-15H2,1H3,(H,27,29)/t22-/m1/s1. The summed E-state index contributed by atoms with van der Waals surface area (Å²) in [5.74, 6) is 0.284. The largest absolute Gasteiger partial charge is 0.416 e. The fourth-order valence-corrected chi connectivity index (χ4v) is 4.16. The Morgan fingerprint density at radius 2 is 2.03 bits per heavy atom. The molecule has 0 bridgehead atoms. The van der Waals surface area contributed by atoms with Gasteiger partial charge in [-0.25, -0.2) is 0 Å². The number of fused-ring (bicyclic) bond motifs is 1. The van der Waals surface area contributed by atoms with Crippen molar-refractivity contribution >= 4 is 17.4 Å². The summed E-state index contributed by atoms with van der Waals surface area (Å²) in [5, 5.41) is 6.98. The number of methoxy groups -OCH3 is 1. The van der Waals surface area contributed by atoms with Crippen LogP contribution >= 0.6 is 0 Å². The summed E-state index contributed by atoms with van der Waals surface area (Å²) in [6.07, 6.45) is -3.91. The molecule has 6 nitrogen and oxygen atoms in total. The van der Waals surface area contributed by atoms with Gasteiger partial charge < -0.3 is 15.0 Å². The number of alkyl halides is 3. The Morgan fingerprint density at radius 1 is 1.22 bits per heavy atom. The number of aliphatic imine (C=N–C) groups is 1. The number of anilines is 1. The number of benzene rings is 2. The van der Waals surface area contributed by atoms with E-state index < -0.39 is 23.2 Å². The lowest BCUT2D eigenvalue weighted by Gasteiger charge is -2.30. The van der Waals surface area contributed by atoms with Gasteiger partial charge in [0.15, 0.2) is 0 Å². The molecule has 0 aromatic heterocycles. The Bertz CT molecular complexity index is 1020. The molecule has 9 heteroatoms. The van der Waals surface area contributed by atoms with E-state index in [9.17, 15) is 18.0 Å². The summed E-state index contributed by atoms with van der Waals surface area (Å²) in [7, 11) is 1.61. The van der Waals surface area contributed by atoms with Gasteiger partial charge in [0.25, 0.3) is 5.91 Å². The van der Waals surface area contributed by atoms with Crippen LogP contribution in [0.3, 0.4) is 0 Å². The number of carbonyl (C=O) groups excluding carboxylic acids is 1. The van der Waals surface area contributed by atoms with Gasteiger partial charge in [-0.15, -0.1) is 0 Å². The minimum absolute atomic E-state index is 0.0274. The van der Waals surface area contributed by atoms with Crippen molar-refractivity contribution in [1.29, 1.82) is 0 Å². The number of carbonyl (C=O) groups is 1. The molecule has 0 radical (unpaired) electrons. The summed E-state index contributed by atoms with van der Waals surface area (Å²) < 4.78 is 44.4. The maximum atomic E-state index is 13.1. The number of halogens is 3. The Hall–Kier alpha value is -2.91. The number of rotatable bonds is 4. The van der Waals surface area contributed by atoms with Gasteiger partial charge in [0.1, 0.15) is 5.84 Å². The van der Waals surface area contributed by atoms with E-state index in [1.165, 1.54) is 12.1 Å². The van der Waals surface area contributed by atoms with Crippen LogP contribution in [0.1, 0.15) is 27.9 Å². The van der Waals surface area contributed by atoms with E-state index in [-0.39, 0.29) is 5.56 Å². The van der Waals surface area contributed by atoms with Crippen molar-refractivity contribution < 1.29 is 22.7 Å². The van der Waals surface area contributed by atoms with Crippen LogP contribution in [0.4, 0.5) is 18.9 Å². The van der Waals surface area contributed by atoms with Crippen molar-refractivity contribution in [3.8, 4) is 0 Å². The number of para-hydroxylation sites is 1. The predicted molar refractivity (Wildman–Crippen MR) is 116 cm³/mol. The summed E-state index contributed by atoms with van der Waals surface area (Å²) in [4.78, 5) is 19.4. The van der Waals surface area contributed by atoms with Crippen molar-refractivity contribution in [2.24, 2.45) is 4.99 Å². The summed E-state index contributed by atoms with van der Waals surface area (Å²) in [6.45, 7) is 2.19. The lowest BCUT2D eigenvalue weighted by molar-refractivity contribution is -0.137. The average Bonchev–Trinajstić information content (AvgIpc) is 3.15. The summed E-state index contributed by atoms with van der Waals surface area (Å²) in [5.41, 5.74) is 0.593. The fraction of sp³-hybridized carbons (Fsp3) is 0.391. The van der Waals surface area contributed by atoms with E-state index in [4.69, 9.17) is 9.73 Å². The van der Waals surface area contributed by atoms with Crippen molar-refractivity contribution in [3.05, 3.63) is 65.2 Å². The number of hydrogen-bond acceptors (Lipinski definition) is 4. The maximum absolute atomic E-state index is 13.1. The number of ether oxygens (including phenoxy) is 1. The predicted octanol–water partition coefficient (Wildman–Crippen LogP) is 3.55. The zero-order valence-corrected chi connectivity index (χ0v) is 17.7. The van der Waals surface area contributed by atoms with Crippen molar-refractivity contribution in [2.45, 2.75) is 24.7 Å². The zero-order valence-electron chi connectivity index (χ0n) is 17.7. The minimum Gasteiger partial charge on any atom is -0.383 e. The Kier molecular flexibility index (Phi) is 6.21. The van der Waals surface area contributed by atoms with Crippen LogP contribution in [0.5, 0.6) is 0 Å². The minimum atomic E-state index is -4.50. The number of nitrogens with one attached hydrogen (secondary N) is 2. The highest BCUT2D eigenvalue weighted by Gasteiger charge is 2.45. The van der Waals surface area contributed by atoms with Gasteiger partial charge in [-0.2, -0.15) is 13.2 Å².